The molecule has 1 saturated heterocycles. The van der Waals surface area contributed by atoms with E-state index in [9.17, 15) is 9.59 Å². The number of amides is 1. The molecule has 18 heavy (non-hydrogen) atoms. The van der Waals surface area contributed by atoms with Crippen LogP contribution in [-0.2, 0) is 9.59 Å². The summed E-state index contributed by atoms with van der Waals surface area (Å²) in [6.45, 7) is 5.70. The lowest BCUT2D eigenvalue weighted by Gasteiger charge is -2.30. The molecule has 1 fully saturated rings. The molecule has 2 N–H and O–H groups in total. The Kier molecular flexibility index (Phi) is 6.12. The minimum atomic E-state index is -0.739. The highest BCUT2D eigenvalue weighted by atomic mass is 16.4. The van der Waals surface area contributed by atoms with Gasteiger partial charge in [0.2, 0.25) is 5.91 Å². The van der Waals surface area contributed by atoms with Gasteiger partial charge in [0.1, 0.15) is 0 Å². The van der Waals surface area contributed by atoms with Gasteiger partial charge in [-0.05, 0) is 26.2 Å². The van der Waals surface area contributed by atoms with Crippen LogP contribution in [0, 0.1) is 5.92 Å². The molecule has 1 rings (SSSR count). The molecule has 0 spiro atoms. The van der Waals surface area contributed by atoms with Crippen molar-refractivity contribution in [3.8, 4) is 0 Å². The van der Waals surface area contributed by atoms with Crippen LogP contribution >= 0.6 is 0 Å². The van der Waals surface area contributed by atoms with Crippen molar-refractivity contribution in [1.82, 2.24) is 10.2 Å². The quantitative estimate of drug-likeness (QED) is 0.746. The zero-order valence-electron chi connectivity index (χ0n) is 11.3. The zero-order valence-corrected chi connectivity index (χ0v) is 11.3. The second-order valence-corrected chi connectivity index (χ2v) is 5.06. The lowest BCUT2D eigenvalue weighted by molar-refractivity contribution is -0.145. The van der Waals surface area contributed by atoms with Gasteiger partial charge in [0.05, 0.1) is 12.5 Å². The van der Waals surface area contributed by atoms with Gasteiger partial charge in [0, 0.05) is 19.1 Å². The number of hydrogen-bond acceptors (Lipinski definition) is 3. The second-order valence-electron chi connectivity index (χ2n) is 5.06. The Balaban J connectivity index is 2.25. The first kappa shape index (κ1) is 15.0. The van der Waals surface area contributed by atoms with Crippen LogP contribution in [0.1, 0.15) is 39.5 Å². The Morgan fingerprint density at radius 2 is 2.00 bits per heavy atom. The maximum atomic E-state index is 11.9. The number of nitrogens with one attached hydrogen (secondary N) is 1. The summed E-state index contributed by atoms with van der Waals surface area (Å²) in [7, 11) is 0. The highest BCUT2D eigenvalue weighted by molar-refractivity contribution is 5.79. The summed E-state index contributed by atoms with van der Waals surface area (Å²) in [5, 5.41) is 12.1. The van der Waals surface area contributed by atoms with E-state index in [1.807, 2.05) is 0 Å². The third-order valence-corrected chi connectivity index (χ3v) is 3.52. The van der Waals surface area contributed by atoms with E-state index >= 15 is 0 Å². The number of nitrogens with zero attached hydrogens (tertiary/aromatic N) is 1. The maximum Gasteiger partial charge on any atom is 0.306 e. The number of rotatable bonds is 6. The first-order chi connectivity index (χ1) is 8.54. The summed E-state index contributed by atoms with van der Waals surface area (Å²) < 4.78 is 0. The summed E-state index contributed by atoms with van der Waals surface area (Å²) in [5.41, 5.74) is 0. The predicted octanol–water partition coefficient (Wildman–Crippen LogP) is 1.09. The number of carbonyl (C=O) groups excluding carboxylic acids is 1. The minimum absolute atomic E-state index is 0.0850. The van der Waals surface area contributed by atoms with Crippen LogP contribution in [0.25, 0.3) is 0 Å². The summed E-state index contributed by atoms with van der Waals surface area (Å²) in [5.74, 6) is -0.931. The monoisotopic (exact) mass is 256 g/mol. The Hall–Kier alpha value is -1.10. The first-order valence-electron chi connectivity index (χ1n) is 6.78. The van der Waals surface area contributed by atoms with Gasteiger partial charge in [-0.1, -0.05) is 13.3 Å². The number of carbonyl (C=O) groups is 2. The Morgan fingerprint density at radius 3 is 2.50 bits per heavy atom. The molecule has 1 aliphatic heterocycles. The van der Waals surface area contributed by atoms with E-state index in [1.165, 1.54) is 0 Å². The number of carboxylic acids is 1. The van der Waals surface area contributed by atoms with Gasteiger partial charge in [-0.25, -0.2) is 0 Å². The summed E-state index contributed by atoms with van der Waals surface area (Å²) in [6, 6.07) is 0.357. The van der Waals surface area contributed by atoms with Crippen LogP contribution in [0.2, 0.25) is 0 Å². The molecule has 0 aromatic heterocycles. The summed E-state index contributed by atoms with van der Waals surface area (Å²) in [4.78, 5) is 24.5. The zero-order chi connectivity index (χ0) is 13.5. The molecule has 0 aromatic rings. The molecule has 0 radical (unpaired) electrons. The van der Waals surface area contributed by atoms with Crippen LogP contribution in [0.3, 0.4) is 0 Å². The van der Waals surface area contributed by atoms with Gasteiger partial charge >= 0.3 is 5.97 Å². The molecule has 0 saturated carbocycles. The van der Waals surface area contributed by atoms with Gasteiger partial charge in [0.15, 0.2) is 0 Å². The summed E-state index contributed by atoms with van der Waals surface area (Å²) >= 11 is 0. The number of piperidine rings is 1. The molecule has 0 aliphatic carbocycles. The van der Waals surface area contributed by atoms with E-state index in [0.717, 1.165) is 12.8 Å². The van der Waals surface area contributed by atoms with E-state index in [-0.39, 0.29) is 11.8 Å². The highest BCUT2D eigenvalue weighted by Crippen LogP contribution is 2.17. The fraction of sp³-hybridized carbons (Fsp3) is 0.846. The SMILES string of the molecule is CCCC(C)NCC(=O)N1CCC(C(=O)O)CC1. The molecule has 5 nitrogen and oxygen atoms in total. The molecule has 1 heterocycles. The van der Waals surface area contributed by atoms with Gasteiger partial charge in [-0.3, -0.25) is 9.59 Å². The Morgan fingerprint density at radius 1 is 1.39 bits per heavy atom. The Bertz CT molecular complexity index is 286. The molecule has 0 aromatic carbocycles. The predicted molar refractivity (Wildman–Crippen MR) is 69.3 cm³/mol. The number of aliphatic carboxylic acids is 1. The van der Waals surface area contributed by atoms with Crippen LogP contribution in [0.5, 0.6) is 0 Å². The van der Waals surface area contributed by atoms with Crippen LogP contribution in [0.15, 0.2) is 0 Å². The molecule has 5 heteroatoms. The molecule has 1 amide bonds. The normalized spacial score (nSPS) is 18.7. The average Bonchev–Trinajstić information content (AvgIpc) is 2.36. The lowest BCUT2D eigenvalue weighted by atomic mass is 9.97. The molecule has 0 bridgehead atoms. The van der Waals surface area contributed by atoms with E-state index in [4.69, 9.17) is 5.11 Å². The van der Waals surface area contributed by atoms with Crippen molar-refractivity contribution in [1.29, 1.82) is 0 Å². The van der Waals surface area contributed by atoms with Crippen molar-refractivity contribution >= 4 is 11.9 Å². The Labute approximate surface area is 109 Å². The van der Waals surface area contributed by atoms with Gasteiger partial charge < -0.3 is 15.3 Å². The van der Waals surface area contributed by atoms with Crippen molar-refractivity contribution < 1.29 is 14.7 Å². The first-order valence-corrected chi connectivity index (χ1v) is 6.78. The van der Waals surface area contributed by atoms with Crippen molar-refractivity contribution in [2.45, 2.75) is 45.6 Å². The van der Waals surface area contributed by atoms with Crippen molar-refractivity contribution in [2.75, 3.05) is 19.6 Å². The van der Waals surface area contributed by atoms with Crippen LogP contribution < -0.4 is 5.32 Å². The molecular weight excluding hydrogens is 232 g/mol. The summed E-state index contributed by atoms with van der Waals surface area (Å²) in [6.07, 6.45) is 3.32. The van der Waals surface area contributed by atoms with Crippen LogP contribution in [-0.4, -0.2) is 47.6 Å². The number of likely N-dealkylation sites (tertiary alicyclic amines) is 1. The number of carboxylic acid groups (broad SMARTS) is 1. The molecule has 1 unspecified atom stereocenters. The van der Waals surface area contributed by atoms with Crippen molar-refractivity contribution in [2.24, 2.45) is 5.92 Å². The lowest BCUT2D eigenvalue weighted by Crippen LogP contribution is -2.45. The van der Waals surface area contributed by atoms with Crippen molar-refractivity contribution in [3.05, 3.63) is 0 Å². The fourth-order valence-electron chi connectivity index (χ4n) is 2.28. The van der Waals surface area contributed by atoms with E-state index in [1.54, 1.807) is 4.90 Å². The van der Waals surface area contributed by atoms with Gasteiger partial charge in [0.25, 0.3) is 0 Å². The maximum absolute atomic E-state index is 11.9. The fourth-order valence-corrected chi connectivity index (χ4v) is 2.28. The smallest absolute Gasteiger partial charge is 0.306 e. The number of hydrogen-bond donors (Lipinski definition) is 2. The average molecular weight is 256 g/mol. The second kappa shape index (κ2) is 7.36. The van der Waals surface area contributed by atoms with Gasteiger partial charge in [-0.15, -0.1) is 0 Å². The molecular formula is C13H24N2O3. The standard InChI is InChI=1S/C13H24N2O3/c1-3-4-10(2)14-9-12(16)15-7-5-11(6-8-15)13(17)18/h10-11,14H,3-9H2,1-2H3,(H,17,18). The van der Waals surface area contributed by atoms with Gasteiger partial charge in [-0.2, -0.15) is 0 Å². The third kappa shape index (κ3) is 4.64. The van der Waals surface area contributed by atoms with E-state index < -0.39 is 5.97 Å². The molecule has 1 aliphatic rings. The third-order valence-electron chi connectivity index (χ3n) is 3.52. The molecule has 104 valence electrons. The van der Waals surface area contributed by atoms with E-state index in [2.05, 4.69) is 19.2 Å². The largest absolute Gasteiger partial charge is 0.481 e. The minimum Gasteiger partial charge on any atom is -0.481 e. The highest BCUT2D eigenvalue weighted by Gasteiger charge is 2.26. The van der Waals surface area contributed by atoms with E-state index in [0.29, 0.717) is 38.5 Å². The topological polar surface area (TPSA) is 69.6 Å². The van der Waals surface area contributed by atoms with Crippen molar-refractivity contribution in [3.63, 3.8) is 0 Å². The molecule has 1 atom stereocenters. The van der Waals surface area contributed by atoms with Crippen LogP contribution in [0.4, 0.5) is 0 Å².